The normalized spacial score (nSPS) is 11.0. The van der Waals surface area contributed by atoms with Gasteiger partial charge in [0.05, 0.1) is 0 Å². The first-order valence-electron chi connectivity index (χ1n) is 2.86. The summed E-state index contributed by atoms with van der Waals surface area (Å²) in [5, 5.41) is 9.47. The van der Waals surface area contributed by atoms with Gasteiger partial charge in [0, 0.05) is 0 Å². The van der Waals surface area contributed by atoms with Crippen LogP contribution in [0.25, 0.3) is 0 Å². The molecule has 0 N–H and O–H groups in total. The van der Waals surface area contributed by atoms with Gasteiger partial charge in [-0.3, -0.25) is 0 Å². The monoisotopic (exact) mass is 129 g/mol. The number of nitriles is 1. The van der Waals surface area contributed by atoms with Gasteiger partial charge in [-0.25, -0.2) is 0 Å². The van der Waals surface area contributed by atoms with Gasteiger partial charge in [0.25, 0.3) is 0 Å². The molecule has 0 bridgehead atoms. The molecule has 0 saturated carbocycles. The molecule has 46 valence electrons. The zero-order chi connectivity index (χ0) is 6.41. The Morgan fingerprint density at radius 2 is 2.50 bits per heavy atom. The molecule has 0 fully saturated rings. The van der Waals surface area contributed by atoms with E-state index in [-0.39, 0.29) is 0 Å². The molecule has 0 radical (unpaired) electrons. The van der Waals surface area contributed by atoms with Crippen LogP contribution in [0.4, 0.5) is 0 Å². The van der Waals surface area contributed by atoms with Crippen molar-refractivity contribution in [3.63, 3.8) is 0 Å². The molecule has 0 aromatic heterocycles. The van der Waals surface area contributed by atoms with E-state index in [0.29, 0.717) is 0 Å². The fraction of sp³-hybridized carbons (Fsp3) is 0.500. The van der Waals surface area contributed by atoms with Gasteiger partial charge in [-0.15, -0.1) is 0 Å². The molecule has 0 aliphatic rings. The van der Waals surface area contributed by atoms with Gasteiger partial charge in [-0.1, -0.05) is 0 Å². The molecule has 8 heavy (non-hydrogen) atoms. The molecule has 0 aliphatic carbocycles. The Kier molecular flexibility index (Phi) is 4.61. The van der Waals surface area contributed by atoms with Crippen LogP contribution in [0.5, 0.6) is 0 Å². The maximum atomic E-state index is 8.16. The third kappa shape index (κ3) is 3.84. The van der Waals surface area contributed by atoms with Gasteiger partial charge in [0.15, 0.2) is 0 Å². The van der Waals surface area contributed by atoms with E-state index in [1.165, 1.54) is 5.31 Å². The Labute approximate surface area is 52.6 Å². The summed E-state index contributed by atoms with van der Waals surface area (Å²) in [5.41, 5.74) is 0. The van der Waals surface area contributed by atoms with Crippen molar-refractivity contribution in [1.29, 1.82) is 5.26 Å². The third-order valence-electron chi connectivity index (χ3n) is 0.955. The molecule has 0 rings (SSSR count). The summed E-state index contributed by atoms with van der Waals surface area (Å²) in [7, 11) is 1.05. The molecular formula is C6H12NP. The SMILES string of the molecule is CCCC([PH4])=CC#N. The third-order valence-corrected chi connectivity index (χ3v) is 1.74. The zero-order valence-electron chi connectivity index (χ0n) is 5.44. The quantitative estimate of drug-likeness (QED) is 0.409. The summed E-state index contributed by atoms with van der Waals surface area (Å²) >= 11 is 0. The van der Waals surface area contributed by atoms with E-state index in [4.69, 9.17) is 5.26 Å². The Balaban J connectivity index is 3.49. The predicted octanol–water partition coefficient (Wildman–Crippen LogP) is 1.53. The number of rotatable bonds is 2. The first-order valence-corrected chi connectivity index (χ1v) is 3.86. The van der Waals surface area contributed by atoms with Crippen molar-refractivity contribution in [2.45, 2.75) is 19.8 Å². The summed E-state index contributed by atoms with van der Waals surface area (Å²) < 4.78 is 0. The van der Waals surface area contributed by atoms with E-state index >= 15 is 0 Å². The second kappa shape index (κ2) is 4.81. The van der Waals surface area contributed by atoms with E-state index in [1.807, 2.05) is 6.07 Å². The van der Waals surface area contributed by atoms with Gasteiger partial charge in [-0.2, -0.15) is 0 Å². The van der Waals surface area contributed by atoms with Crippen LogP contribution in [0, 0.1) is 11.3 Å². The molecule has 0 aliphatic heterocycles. The van der Waals surface area contributed by atoms with Crippen LogP contribution in [-0.2, 0) is 0 Å². The number of hydrogen-bond donors (Lipinski definition) is 0. The molecular weight excluding hydrogens is 117 g/mol. The Bertz CT molecular complexity index is 121. The second-order valence-electron chi connectivity index (χ2n) is 1.87. The standard InChI is InChI=1S/C6H12NP/c1-2-3-6(8)4-5-7/h4H,2-3H2,1H3,8H4. The van der Waals surface area contributed by atoms with Crippen LogP contribution < -0.4 is 0 Å². The van der Waals surface area contributed by atoms with Crippen LogP contribution in [0.2, 0.25) is 0 Å². The zero-order valence-corrected chi connectivity index (χ0v) is 7.44. The van der Waals surface area contributed by atoms with Crippen molar-refractivity contribution in [2.75, 3.05) is 0 Å². The van der Waals surface area contributed by atoms with Crippen LogP contribution in [0.1, 0.15) is 19.8 Å². The van der Waals surface area contributed by atoms with Crippen molar-refractivity contribution in [1.82, 2.24) is 0 Å². The van der Waals surface area contributed by atoms with Crippen LogP contribution in [0.15, 0.2) is 11.4 Å². The Morgan fingerprint density at radius 3 is 2.88 bits per heavy atom. The molecule has 0 atom stereocenters. The summed E-state index contributed by atoms with van der Waals surface area (Å²) in [5.74, 6) is 0. The average Bonchev–Trinajstić information content (AvgIpc) is 1.68. The summed E-state index contributed by atoms with van der Waals surface area (Å²) in [6.07, 6.45) is 3.94. The van der Waals surface area contributed by atoms with Crippen molar-refractivity contribution in [2.24, 2.45) is 0 Å². The van der Waals surface area contributed by atoms with Gasteiger partial charge in [0.2, 0.25) is 0 Å². The number of hydrogen-bond acceptors (Lipinski definition) is 1. The number of nitrogens with zero attached hydrogens (tertiary/aromatic N) is 1. The van der Waals surface area contributed by atoms with Crippen molar-refractivity contribution < 1.29 is 0 Å². The molecule has 0 amide bonds. The Morgan fingerprint density at radius 1 is 1.88 bits per heavy atom. The summed E-state index contributed by atoms with van der Waals surface area (Å²) in [6, 6.07) is 2.02. The van der Waals surface area contributed by atoms with Crippen LogP contribution in [0.3, 0.4) is 0 Å². The molecule has 0 aromatic rings. The van der Waals surface area contributed by atoms with Gasteiger partial charge < -0.3 is 0 Å². The number of allylic oxidation sites excluding steroid dienone is 2. The molecule has 0 spiro atoms. The van der Waals surface area contributed by atoms with E-state index in [1.54, 1.807) is 6.08 Å². The molecule has 2 heteroatoms. The summed E-state index contributed by atoms with van der Waals surface area (Å²) in [6.45, 7) is 2.13. The molecule has 0 aromatic carbocycles. The van der Waals surface area contributed by atoms with Gasteiger partial charge in [0.1, 0.15) is 0 Å². The summed E-state index contributed by atoms with van der Waals surface area (Å²) in [4.78, 5) is 0. The first kappa shape index (κ1) is 7.66. The van der Waals surface area contributed by atoms with Gasteiger partial charge >= 0.3 is 51.7 Å². The second-order valence-corrected chi connectivity index (χ2v) is 3.15. The molecule has 0 heterocycles. The van der Waals surface area contributed by atoms with Gasteiger partial charge in [-0.05, 0) is 0 Å². The van der Waals surface area contributed by atoms with Crippen molar-refractivity contribution in [3.05, 3.63) is 11.4 Å². The van der Waals surface area contributed by atoms with Crippen LogP contribution in [-0.4, -0.2) is 0 Å². The van der Waals surface area contributed by atoms with Crippen molar-refractivity contribution >= 4 is 9.24 Å². The molecule has 0 saturated heterocycles. The predicted molar refractivity (Wildman–Crippen MR) is 41.1 cm³/mol. The molecule has 1 nitrogen and oxygen atoms in total. The van der Waals surface area contributed by atoms with E-state index in [0.717, 1.165) is 22.1 Å². The minimum atomic E-state index is 1.05. The topological polar surface area (TPSA) is 23.8 Å². The van der Waals surface area contributed by atoms with E-state index < -0.39 is 0 Å². The molecule has 0 unspecified atom stereocenters. The average molecular weight is 129 g/mol. The van der Waals surface area contributed by atoms with E-state index in [2.05, 4.69) is 6.92 Å². The van der Waals surface area contributed by atoms with Crippen LogP contribution >= 0.6 is 9.24 Å². The Hall–Kier alpha value is -0.340. The van der Waals surface area contributed by atoms with Crippen molar-refractivity contribution in [3.8, 4) is 6.07 Å². The van der Waals surface area contributed by atoms with E-state index in [9.17, 15) is 0 Å². The fourth-order valence-corrected chi connectivity index (χ4v) is 1.21. The first-order chi connectivity index (χ1) is 3.81. The maximum absolute atomic E-state index is 8.16. The minimum absolute atomic E-state index is 1.05. The fourth-order valence-electron chi connectivity index (χ4n) is 0.577.